The molecule has 0 saturated carbocycles. The van der Waals surface area contributed by atoms with Crippen LogP contribution in [0.15, 0.2) is 153 Å². The number of piperidine rings is 4. The second-order valence-corrected chi connectivity index (χ2v) is 34.5. The van der Waals surface area contributed by atoms with Crippen molar-refractivity contribution in [2.75, 3.05) is 177 Å². The first-order valence-electron chi connectivity index (χ1n) is 46.9. The molecule has 14 heterocycles. The predicted molar refractivity (Wildman–Crippen MR) is 554 cm³/mol. The summed E-state index contributed by atoms with van der Waals surface area (Å²) < 4.78 is 49.9. The smallest absolute Gasteiger partial charge is 0.341 e. The Morgan fingerprint density at radius 2 is 0.778 bits per heavy atom. The first kappa shape index (κ1) is 118. The number of fused-ring (bicyclic) bond motifs is 5. The second kappa shape index (κ2) is 63.0. The zero-order valence-electron chi connectivity index (χ0n) is 81.8. The maximum Gasteiger partial charge on any atom is 0.341 e. The van der Waals surface area contributed by atoms with Gasteiger partial charge in [-0.2, -0.15) is 10.5 Å². The number of rotatable bonds is 32. The highest BCUT2D eigenvalue weighted by Crippen LogP contribution is 2.35. The molecule has 144 heavy (non-hydrogen) atoms. The Bertz CT molecular complexity index is 6030. The standard InChI is InChI=1S/C24H30N4O3.C20H25N5O4.C17H24N4O3.C13H20N2.C11H11ClN2O3.C10H9ClN2O2.C3H3NO2.C3H8O2.2CH4/c1-17-9-11-28(15-18-6-4-3-5-7-18)16-21(17)27-22-19-8-10-25-23(19)26-14-20(22)24(29)31-13-12-30-2;1-13-5-8-25(17(26)3-6-21)12-16(13)24-18-14-4-7-22-19(14)23-11-15(18)20(27)29-10-9-28-2;1-11-3-5-18-10-14(11)21-15-12-4-6-19-16(12)20-9-13(15)17(22)24-8-7-23-2;1-11-7-8-15(10-13(11)14)9-12-5-3-2-4-6-12;1-16-4-5-17-11(15)8-6-14-10-7(9(8)12)2-3-13-10;1-2-15-10(14)7-5-13-9-6(8(7)11)3-4-12-9;4-2-1-3(5)6;1-5-3-2-4;;/h3-8,10,14,17,21H,9,11-13,15-16H2,1-2H3,(H2,25,26,27);4,7,11,13,16H,3,5,8-10,12H2,1-2H3,(H2,22,23,24);4,6,9,11,14,18H,3,5,7-8,10H2,1-2H3,(H2,19,20,21);2-6,11,13H,7-10,14H2,1H3;2-3,6H,4-5H2,1H3,(H,13,14);3-5H,2H2,1H3,(H,12,13);1H2,(H,5,6);4H,2-3H2,1H3;2*1H4/t17-,21+;13-,16+;11-,14+;11-,13+;;;;;;/m1111....../s1. The average molecular weight is 2030 g/mol. The lowest BCUT2D eigenvalue weighted by Gasteiger charge is -2.38. The van der Waals surface area contributed by atoms with Crippen molar-refractivity contribution in [2.45, 2.75) is 125 Å². The number of ether oxygens (including phenoxy) is 10. The normalized spacial score (nSPS) is 17.3. The van der Waals surface area contributed by atoms with Gasteiger partial charge in [0.1, 0.15) is 84.2 Å². The number of nitrogens with one attached hydrogen (secondary N) is 9. The number of carboxylic acids is 1. The molecule has 0 spiro atoms. The third-order valence-corrected chi connectivity index (χ3v) is 24.6. The summed E-state index contributed by atoms with van der Waals surface area (Å²) in [6.07, 6.45) is 20.0. The molecule has 41 heteroatoms. The monoisotopic (exact) mass is 2030 g/mol. The minimum Gasteiger partial charge on any atom is -0.480 e. The number of carboxylic acid groups (broad SMARTS) is 1. The molecule has 8 atom stereocenters. The molecule has 10 aromatic heterocycles. The van der Waals surface area contributed by atoms with Crippen LogP contribution >= 0.6 is 23.2 Å². The fourth-order valence-electron chi connectivity index (χ4n) is 15.6. The number of aliphatic carboxylic acids is 1. The highest BCUT2D eigenvalue weighted by Gasteiger charge is 2.34. The van der Waals surface area contributed by atoms with Crippen molar-refractivity contribution in [1.82, 2.24) is 69.9 Å². The van der Waals surface area contributed by atoms with E-state index in [1.165, 1.54) is 63.0 Å². The number of halogens is 2. The number of aromatic amines is 5. The van der Waals surface area contributed by atoms with Crippen LogP contribution in [0.4, 0.5) is 17.1 Å². The van der Waals surface area contributed by atoms with Gasteiger partial charge in [0.25, 0.3) is 0 Å². The number of nitrogens with two attached hydrogens (primary N) is 1. The summed E-state index contributed by atoms with van der Waals surface area (Å²) in [7, 11) is 7.79. The van der Waals surface area contributed by atoms with Gasteiger partial charge in [0.2, 0.25) is 5.91 Å². The van der Waals surface area contributed by atoms with E-state index in [4.69, 9.17) is 92.3 Å². The third kappa shape index (κ3) is 35.7. The number of carbonyl (C=O) groups excluding carboxylic acids is 6. The van der Waals surface area contributed by atoms with Gasteiger partial charge in [-0.25, -0.2) is 48.9 Å². The van der Waals surface area contributed by atoms with E-state index in [9.17, 15) is 33.6 Å². The first-order valence-corrected chi connectivity index (χ1v) is 47.6. The van der Waals surface area contributed by atoms with Crippen LogP contribution in [-0.2, 0) is 70.0 Å². The van der Waals surface area contributed by atoms with E-state index >= 15 is 0 Å². The number of H-pyrrole nitrogens is 5. The molecule has 0 aliphatic carbocycles. The third-order valence-electron chi connectivity index (χ3n) is 23.8. The van der Waals surface area contributed by atoms with Gasteiger partial charge >= 0.3 is 35.8 Å². The molecule has 13 N–H and O–H groups in total. The lowest BCUT2D eigenvalue weighted by atomic mass is 9.92. The molecule has 39 nitrogen and oxygen atoms in total. The molecular formula is C103H138Cl2N20O19. The van der Waals surface area contributed by atoms with Crippen LogP contribution in [-0.4, -0.2) is 301 Å². The Morgan fingerprint density at radius 3 is 1.13 bits per heavy atom. The Balaban J connectivity index is 0.000000233. The fraction of sp³-hybridized carbons (Fsp3) is 0.456. The lowest BCUT2D eigenvalue weighted by Crippen LogP contribution is -2.49. The Labute approximate surface area is 849 Å². The van der Waals surface area contributed by atoms with Crippen molar-refractivity contribution >= 4 is 137 Å². The molecule has 778 valence electrons. The Hall–Kier alpha value is -13.3. The van der Waals surface area contributed by atoms with E-state index in [0.717, 1.165) is 109 Å². The first-order chi connectivity index (χ1) is 68.8. The average Bonchev–Trinajstić information content (AvgIpc) is 1.56. The number of likely N-dealkylation sites (tertiary alicyclic amines) is 3. The van der Waals surface area contributed by atoms with Crippen molar-refractivity contribution < 1.29 is 91.1 Å². The summed E-state index contributed by atoms with van der Waals surface area (Å²) in [6, 6.07) is 34.6. The number of nitriles is 2. The second-order valence-electron chi connectivity index (χ2n) is 33.8. The summed E-state index contributed by atoms with van der Waals surface area (Å²) in [4.78, 5) is 125. The predicted octanol–water partition coefficient (Wildman–Crippen LogP) is 14.5. The maximum absolute atomic E-state index is 12.8. The topological polar surface area (TPSA) is 527 Å². The number of aromatic nitrogens is 10. The molecule has 12 aromatic rings. The number of amides is 1. The Kier molecular flexibility index (Phi) is 51.5. The zero-order valence-corrected chi connectivity index (χ0v) is 83.3. The number of aliphatic hydroxyl groups excluding tert-OH is 1. The minimum absolute atomic E-state index is 0. The molecule has 0 bridgehead atoms. The summed E-state index contributed by atoms with van der Waals surface area (Å²) in [5, 5.41) is 50.9. The van der Waals surface area contributed by atoms with Gasteiger partial charge < -0.3 is 114 Å². The van der Waals surface area contributed by atoms with Gasteiger partial charge in [0.15, 0.2) is 0 Å². The molecule has 4 saturated heterocycles. The molecule has 0 radical (unpaired) electrons. The van der Waals surface area contributed by atoms with Crippen molar-refractivity contribution in [3.05, 3.63) is 202 Å². The summed E-state index contributed by atoms with van der Waals surface area (Å²) in [5.41, 5.74) is 16.2. The molecule has 4 aliphatic rings. The highest BCUT2D eigenvalue weighted by atomic mass is 35.5. The van der Waals surface area contributed by atoms with Crippen LogP contribution in [0.2, 0.25) is 10.0 Å². The fourth-order valence-corrected chi connectivity index (χ4v) is 16.2. The van der Waals surface area contributed by atoms with Crippen molar-refractivity contribution in [3.8, 4) is 12.1 Å². The number of hydrogen-bond donors (Lipinski definition) is 12. The molecule has 1 amide bonds. The molecule has 2 aromatic carbocycles. The van der Waals surface area contributed by atoms with E-state index in [0.29, 0.717) is 137 Å². The zero-order chi connectivity index (χ0) is 102. The van der Waals surface area contributed by atoms with Crippen molar-refractivity contribution in [1.29, 1.82) is 10.5 Å². The number of esters is 5. The van der Waals surface area contributed by atoms with Gasteiger partial charge in [0.05, 0.1) is 96.6 Å². The molecule has 16 rings (SSSR count). The molecular weight excluding hydrogens is 1890 g/mol. The highest BCUT2D eigenvalue weighted by molar-refractivity contribution is 6.38. The lowest BCUT2D eigenvalue weighted by molar-refractivity contribution is -0.136. The molecule has 0 unspecified atom stereocenters. The van der Waals surface area contributed by atoms with Crippen LogP contribution in [0.1, 0.15) is 151 Å². The number of pyridine rings is 5. The van der Waals surface area contributed by atoms with Crippen molar-refractivity contribution in [3.63, 3.8) is 0 Å². The number of hydrogen-bond acceptors (Lipinski definition) is 32. The number of nitrogens with zero attached hydrogens (tertiary/aromatic N) is 10. The van der Waals surface area contributed by atoms with Crippen LogP contribution in [0.25, 0.3) is 55.2 Å². The van der Waals surface area contributed by atoms with Gasteiger partial charge in [0, 0.05) is 194 Å². The van der Waals surface area contributed by atoms with Crippen LogP contribution in [0.3, 0.4) is 0 Å². The Morgan fingerprint density at radius 1 is 0.438 bits per heavy atom. The van der Waals surface area contributed by atoms with Gasteiger partial charge in [-0.15, -0.1) is 0 Å². The number of carbonyl (C=O) groups is 7. The quantitative estimate of drug-likeness (QED) is 0.0106. The number of anilines is 3. The van der Waals surface area contributed by atoms with Crippen LogP contribution in [0, 0.1) is 46.3 Å². The van der Waals surface area contributed by atoms with Gasteiger partial charge in [-0.1, -0.05) is 126 Å². The van der Waals surface area contributed by atoms with E-state index in [2.05, 4.69) is 168 Å². The van der Waals surface area contributed by atoms with Crippen molar-refractivity contribution in [2.24, 2.45) is 29.4 Å². The largest absolute Gasteiger partial charge is 0.480 e. The SMILES string of the molecule is C.C.CCOC(=O)c1cnc2[nH]ccc2c1Cl.COCCO.COCCOC(=O)c1cnc2[nH]ccc2c1Cl.COCCOC(=O)c1cnc2[nH]ccc2c1N[C@H]1CN(C(=O)CC#N)CC[C@H]1C.COCCOC(=O)c1cnc2[nH]ccc2c1N[C@H]1CN(Cc2ccccc2)CC[C@H]1C.COCCOC(=O)c1cnc2[nH]ccc2c1N[C@H]1CNCC[C@H]1C.C[C@@H]1CCN(Cc2ccccc2)C[C@@H]1N.N#CCC(=O)O. The molecule has 4 aliphatic heterocycles. The summed E-state index contributed by atoms with van der Waals surface area (Å²) in [5.74, 6) is -1.50. The summed E-state index contributed by atoms with van der Waals surface area (Å²) >= 11 is 12.2. The van der Waals surface area contributed by atoms with Gasteiger partial charge in [-0.05, 0) is 117 Å². The van der Waals surface area contributed by atoms with Crippen LogP contribution < -0.4 is 27.0 Å². The minimum atomic E-state index is -1.07. The molecule has 4 fully saturated rings. The van der Waals surface area contributed by atoms with E-state index < -0.39 is 30.3 Å². The number of aliphatic hydroxyl groups is 1. The van der Waals surface area contributed by atoms with E-state index in [1.54, 1.807) is 76.3 Å². The van der Waals surface area contributed by atoms with Gasteiger partial charge in [-0.3, -0.25) is 19.4 Å². The van der Waals surface area contributed by atoms with Crippen LogP contribution in [0.5, 0.6) is 0 Å². The summed E-state index contributed by atoms with van der Waals surface area (Å²) in [6.45, 7) is 22.8. The van der Waals surface area contributed by atoms with E-state index in [1.807, 2.05) is 42.7 Å². The number of methoxy groups -OCH3 is 5. The maximum atomic E-state index is 12.8. The van der Waals surface area contributed by atoms with E-state index in [-0.39, 0.29) is 102 Å². The number of benzene rings is 2.